The fraction of sp³-hybridized carbons (Fsp3) is 0.727. The lowest BCUT2D eigenvalue weighted by Gasteiger charge is -2.51. The van der Waals surface area contributed by atoms with Crippen molar-refractivity contribution in [3.05, 3.63) is 29.8 Å². The maximum atomic E-state index is 5.51. The van der Waals surface area contributed by atoms with Crippen LogP contribution in [0.4, 0.5) is 0 Å². The quantitative estimate of drug-likeness (QED) is 0.620. The van der Waals surface area contributed by atoms with Gasteiger partial charge >= 0.3 is 0 Å². The van der Waals surface area contributed by atoms with Crippen molar-refractivity contribution in [2.75, 3.05) is 26.7 Å². The Kier molecular flexibility index (Phi) is 6.21. The van der Waals surface area contributed by atoms with E-state index in [0.29, 0.717) is 5.41 Å². The number of benzene rings is 1. The highest BCUT2D eigenvalue weighted by molar-refractivity contribution is 5.35. The topological polar surface area (TPSA) is 12.5 Å². The zero-order chi connectivity index (χ0) is 16.8. The predicted molar refractivity (Wildman–Crippen MR) is 102 cm³/mol. The van der Waals surface area contributed by atoms with Crippen molar-refractivity contribution in [1.29, 1.82) is 0 Å². The molecular weight excluding hydrogens is 294 g/mol. The number of hydrogen-bond acceptors (Lipinski definition) is 2. The maximum Gasteiger partial charge on any atom is 0.119 e. The van der Waals surface area contributed by atoms with Crippen LogP contribution in [0.3, 0.4) is 0 Å². The molecule has 1 aliphatic carbocycles. The summed E-state index contributed by atoms with van der Waals surface area (Å²) in [4.78, 5) is 2.75. The van der Waals surface area contributed by atoms with Crippen molar-refractivity contribution in [2.45, 2.75) is 70.1 Å². The van der Waals surface area contributed by atoms with E-state index in [1.807, 2.05) is 0 Å². The molecule has 2 atom stereocenters. The summed E-state index contributed by atoms with van der Waals surface area (Å²) < 4.78 is 5.51. The second kappa shape index (κ2) is 8.38. The Morgan fingerprint density at radius 1 is 1.17 bits per heavy atom. The fourth-order valence-corrected chi connectivity index (χ4v) is 5.09. The number of likely N-dealkylation sites (tertiary alicyclic amines) is 1. The van der Waals surface area contributed by atoms with Crippen molar-refractivity contribution in [2.24, 2.45) is 5.92 Å². The van der Waals surface area contributed by atoms with Crippen LogP contribution < -0.4 is 4.74 Å². The molecule has 0 amide bonds. The van der Waals surface area contributed by atoms with Crippen molar-refractivity contribution in [3.63, 3.8) is 0 Å². The second-order valence-corrected chi connectivity index (χ2v) is 7.94. The van der Waals surface area contributed by atoms with Crippen LogP contribution in [0, 0.1) is 5.92 Å². The van der Waals surface area contributed by atoms with Gasteiger partial charge in [-0.2, -0.15) is 0 Å². The van der Waals surface area contributed by atoms with E-state index in [0.717, 1.165) is 11.7 Å². The molecule has 2 unspecified atom stereocenters. The van der Waals surface area contributed by atoms with Gasteiger partial charge in [-0.15, -0.1) is 0 Å². The molecule has 134 valence electrons. The fourth-order valence-electron chi connectivity index (χ4n) is 5.09. The number of rotatable bonds is 7. The van der Waals surface area contributed by atoms with Crippen LogP contribution in [0.5, 0.6) is 5.75 Å². The first-order chi connectivity index (χ1) is 11.8. The summed E-state index contributed by atoms with van der Waals surface area (Å²) in [6.45, 7) is 6.19. The third-order valence-corrected chi connectivity index (χ3v) is 6.53. The van der Waals surface area contributed by atoms with Gasteiger partial charge in [0.2, 0.25) is 0 Å². The van der Waals surface area contributed by atoms with Gasteiger partial charge in [-0.05, 0) is 62.4 Å². The molecule has 2 nitrogen and oxygen atoms in total. The summed E-state index contributed by atoms with van der Waals surface area (Å²) in [5.41, 5.74) is 1.95. The SMILES string of the molecule is CCCCCCN1CCC2(c3cccc(OC)c3)CCCCC2C1. The summed E-state index contributed by atoms with van der Waals surface area (Å²) in [6.07, 6.45) is 12.4. The largest absolute Gasteiger partial charge is 0.497 e. The zero-order valence-corrected chi connectivity index (χ0v) is 15.7. The van der Waals surface area contributed by atoms with E-state index in [-0.39, 0.29) is 0 Å². The Hall–Kier alpha value is -1.02. The molecule has 2 heteroatoms. The summed E-state index contributed by atoms with van der Waals surface area (Å²) in [5, 5.41) is 0. The predicted octanol–water partition coefficient (Wildman–Crippen LogP) is 5.41. The van der Waals surface area contributed by atoms with Crippen LogP contribution in [0.1, 0.15) is 70.3 Å². The molecule has 1 saturated heterocycles. The lowest BCUT2D eigenvalue weighted by atomic mass is 9.59. The van der Waals surface area contributed by atoms with Crippen LogP contribution in [0.15, 0.2) is 24.3 Å². The van der Waals surface area contributed by atoms with E-state index in [1.54, 1.807) is 7.11 Å². The van der Waals surface area contributed by atoms with Crippen LogP contribution in [-0.2, 0) is 5.41 Å². The van der Waals surface area contributed by atoms with Crippen molar-refractivity contribution < 1.29 is 4.74 Å². The average molecular weight is 330 g/mol. The Balaban J connectivity index is 1.70. The number of piperidine rings is 1. The monoisotopic (exact) mass is 329 g/mol. The first-order valence-corrected chi connectivity index (χ1v) is 10.2. The minimum atomic E-state index is 0.409. The van der Waals surface area contributed by atoms with Crippen molar-refractivity contribution >= 4 is 0 Å². The van der Waals surface area contributed by atoms with E-state index in [1.165, 1.54) is 83.0 Å². The first kappa shape index (κ1) is 17.8. The molecule has 2 fully saturated rings. The Morgan fingerprint density at radius 3 is 2.92 bits per heavy atom. The minimum absolute atomic E-state index is 0.409. The molecule has 0 radical (unpaired) electrons. The Morgan fingerprint density at radius 2 is 2.08 bits per heavy atom. The second-order valence-electron chi connectivity index (χ2n) is 7.94. The molecule has 1 aromatic rings. The lowest BCUT2D eigenvalue weighted by Crippen LogP contribution is -2.51. The third kappa shape index (κ3) is 3.79. The number of hydrogen-bond donors (Lipinski definition) is 0. The molecule has 1 aliphatic heterocycles. The number of unbranched alkanes of at least 4 members (excludes halogenated alkanes) is 3. The summed E-state index contributed by atoms with van der Waals surface area (Å²) >= 11 is 0. The molecule has 24 heavy (non-hydrogen) atoms. The smallest absolute Gasteiger partial charge is 0.119 e. The van der Waals surface area contributed by atoms with Crippen molar-refractivity contribution in [1.82, 2.24) is 4.90 Å². The maximum absolute atomic E-state index is 5.51. The lowest BCUT2D eigenvalue weighted by molar-refractivity contribution is 0.0552. The van der Waals surface area contributed by atoms with Gasteiger partial charge < -0.3 is 9.64 Å². The minimum Gasteiger partial charge on any atom is -0.497 e. The van der Waals surface area contributed by atoms with Crippen molar-refractivity contribution in [3.8, 4) is 5.75 Å². The average Bonchev–Trinajstić information content (AvgIpc) is 2.65. The van der Waals surface area contributed by atoms with E-state index >= 15 is 0 Å². The number of methoxy groups -OCH3 is 1. The van der Waals surface area contributed by atoms with Gasteiger partial charge in [0.15, 0.2) is 0 Å². The molecule has 0 aromatic heterocycles. The normalized spacial score (nSPS) is 27.7. The molecule has 1 saturated carbocycles. The highest BCUT2D eigenvalue weighted by atomic mass is 16.5. The number of ether oxygens (including phenoxy) is 1. The molecule has 0 spiro atoms. The van der Waals surface area contributed by atoms with Gasteiger partial charge in [0.1, 0.15) is 5.75 Å². The first-order valence-electron chi connectivity index (χ1n) is 10.2. The summed E-state index contributed by atoms with van der Waals surface area (Å²) in [6, 6.07) is 8.94. The van der Waals surface area contributed by atoms with Gasteiger partial charge in [-0.1, -0.05) is 51.2 Å². The van der Waals surface area contributed by atoms with E-state index in [2.05, 4.69) is 36.1 Å². The molecule has 3 rings (SSSR count). The van der Waals surface area contributed by atoms with Crippen LogP contribution in [0.2, 0.25) is 0 Å². The molecule has 1 heterocycles. The number of fused-ring (bicyclic) bond motifs is 1. The third-order valence-electron chi connectivity index (χ3n) is 6.53. The highest BCUT2D eigenvalue weighted by Gasteiger charge is 2.45. The molecule has 0 bridgehead atoms. The standard InChI is InChI=1S/C22H35NO/c1-3-4-5-8-15-23-16-14-22(13-7-6-10-20(22)18-23)19-11-9-12-21(17-19)24-2/h9,11-12,17,20H,3-8,10,13-16,18H2,1-2H3. The molecule has 2 aliphatic rings. The zero-order valence-electron chi connectivity index (χ0n) is 15.7. The van der Waals surface area contributed by atoms with Crippen LogP contribution >= 0.6 is 0 Å². The van der Waals surface area contributed by atoms with E-state index in [4.69, 9.17) is 4.74 Å². The van der Waals surface area contributed by atoms with Gasteiger partial charge in [0.25, 0.3) is 0 Å². The van der Waals surface area contributed by atoms with Gasteiger partial charge in [-0.25, -0.2) is 0 Å². The Labute approximate surface area is 148 Å². The molecule has 0 N–H and O–H groups in total. The van der Waals surface area contributed by atoms with Gasteiger partial charge in [0, 0.05) is 12.0 Å². The number of nitrogens with zero attached hydrogens (tertiary/aromatic N) is 1. The van der Waals surface area contributed by atoms with Crippen LogP contribution in [0.25, 0.3) is 0 Å². The Bertz CT molecular complexity index is 514. The summed E-state index contributed by atoms with van der Waals surface area (Å²) in [5.74, 6) is 1.85. The molecular formula is C22H35NO. The van der Waals surface area contributed by atoms with E-state index < -0.39 is 0 Å². The highest BCUT2D eigenvalue weighted by Crippen LogP contribution is 2.49. The van der Waals surface area contributed by atoms with Gasteiger partial charge in [0.05, 0.1) is 7.11 Å². The molecule has 1 aromatic carbocycles. The van der Waals surface area contributed by atoms with Crippen LogP contribution in [-0.4, -0.2) is 31.6 Å². The van der Waals surface area contributed by atoms with Gasteiger partial charge in [-0.3, -0.25) is 0 Å². The van der Waals surface area contributed by atoms with E-state index in [9.17, 15) is 0 Å². The summed E-state index contributed by atoms with van der Waals surface area (Å²) in [7, 11) is 1.79.